The van der Waals surface area contributed by atoms with Crippen molar-refractivity contribution in [2.24, 2.45) is 0 Å². The fourth-order valence-corrected chi connectivity index (χ4v) is 1.59. The fraction of sp³-hybridized carbons (Fsp3) is 0.636. The van der Waals surface area contributed by atoms with Gasteiger partial charge >= 0.3 is 0 Å². The molecule has 1 aliphatic rings. The highest BCUT2D eigenvalue weighted by Crippen LogP contribution is 2.06. The molecule has 0 aromatic heterocycles. The van der Waals surface area contributed by atoms with Crippen molar-refractivity contribution in [2.75, 3.05) is 13.1 Å². The summed E-state index contributed by atoms with van der Waals surface area (Å²) in [6.07, 6.45) is 4.89. The van der Waals surface area contributed by atoms with Gasteiger partial charge in [-0.3, -0.25) is 9.59 Å². The summed E-state index contributed by atoms with van der Waals surface area (Å²) in [6, 6.07) is -0.342. The summed E-state index contributed by atoms with van der Waals surface area (Å²) in [5, 5.41) is 2.73. The van der Waals surface area contributed by atoms with Crippen LogP contribution < -0.4 is 5.32 Å². The average Bonchev–Trinajstić information content (AvgIpc) is 2.37. The Bertz CT molecular complexity index is 274. The number of allylic oxidation sites excluding steroid dienone is 1. The number of carbonyl (C=O) groups excluding carboxylic acids is 2. The molecular formula is C11H18N2O2. The van der Waals surface area contributed by atoms with Crippen LogP contribution in [0.3, 0.4) is 0 Å². The number of amides is 2. The molecular weight excluding hydrogens is 192 g/mol. The van der Waals surface area contributed by atoms with Crippen molar-refractivity contribution >= 4 is 11.8 Å². The third kappa shape index (κ3) is 3.08. The Labute approximate surface area is 90.3 Å². The van der Waals surface area contributed by atoms with Crippen molar-refractivity contribution in [2.45, 2.75) is 32.7 Å². The van der Waals surface area contributed by atoms with Gasteiger partial charge in [-0.1, -0.05) is 19.1 Å². The van der Waals surface area contributed by atoms with Crippen LogP contribution in [0.15, 0.2) is 12.2 Å². The lowest BCUT2D eigenvalue weighted by molar-refractivity contribution is -0.133. The van der Waals surface area contributed by atoms with Crippen LogP contribution in [-0.4, -0.2) is 35.8 Å². The van der Waals surface area contributed by atoms with Gasteiger partial charge in [0.15, 0.2) is 0 Å². The molecule has 1 unspecified atom stereocenters. The van der Waals surface area contributed by atoms with E-state index in [-0.39, 0.29) is 17.9 Å². The molecule has 1 fully saturated rings. The number of carbonyl (C=O) groups is 2. The second kappa shape index (κ2) is 5.53. The summed E-state index contributed by atoms with van der Waals surface area (Å²) >= 11 is 0. The van der Waals surface area contributed by atoms with Gasteiger partial charge in [0.05, 0.1) is 0 Å². The van der Waals surface area contributed by atoms with Crippen molar-refractivity contribution in [3.05, 3.63) is 12.2 Å². The second-order valence-corrected chi connectivity index (χ2v) is 3.63. The molecule has 84 valence electrons. The third-order valence-electron chi connectivity index (χ3n) is 2.52. The van der Waals surface area contributed by atoms with Crippen molar-refractivity contribution in [3.8, 4) is 0 Å². The van der Waals surface area contributed by atoms with Gasteiger partial charge in [-0.25, -0.2) is 0 Å². The summed E-state index contributed by atoms with van der Waals surface area (Å²) in [6.45, 7) is 4.94. The Morgan fingerprint density at radius 3 is 2.87 bits per heavy atom. The van der Waals surface area contributed by atoms with Gasteiger partial charge in [0.25, 0.3) is 0 Å². The number of hydrogen-bond acceptors (Lipinski definition) is 2. The zero-order valence-corrected chi connectivity index (χ0v) is 9.32. The van der Waals surface area contributed by atoms with Gasteiger partial charge in [0.2, 0.25) is 11.8 Å². The Balaban J connectivity index is 2.70. The molecule has 1 atom stereocenters. The summed E-state index contributed by atoms with van der Waals surface area (Å²) in [5.74, 6) is -0.000344. The first-order valence-corrected chi connectivity index (χ1v) is 5.38. The maximum atomic E-state index is 11.9. The van der Waals surface area contributed by atoms with E-state index in [0.29, 0.717) is 25.9 Å². The minimum absolute atomic E-state index is 0.0291. The molecule has 0 spiro atoms. The van der Waals surface area contributed by atoms with Gasteiger partial charge < -0.3 is 10.2 Å². The van der Waals surface area contributed by atoms with E-state index in [1.165, 1.54) is 0 Å². The molecule has 0 aromatic carbocycles. The molecule has 15 heavy (non-hydrogen) atoms. The molecule has 0 saturated carbocycles. The summed E-state index contributed by atoms with van der Waals surface area (Å²) in [4.78, 5) is 24.9. The maximum Gasteiger partial charge on any atom is 0.245 e. The van der Waals surface area contributed by atoms with Crippen molar-refractivity contribution in [3.63, 3.8) is 0 Å². The topological polar surface area (TPSA) is 49.4 Å². The zero-order chi connectivity index (χ0) is 11.3. The smallest absolute Gasteiger partial charge is 0.245 e. The van der Waals surface area contributed by atoms with Crippen molar-refractivity contribution < 1.29 is 9.59 Å². The van der Waals surface area contributed by atoms with Gasteiger partial charge in [-0.2, -0.15) is 0 Å². The molecule has 1 rings (SSSR count). The molecule has 0 radical (unpaired) electrons. The molecule has 2 amide bonds. The zero-order valence-electron chi connectivity index (χ0n) is 9.32. The Morgan fingerprint density at radius 1 is 1.53 bits per heavy atom. The first-order valence-electron chi connectivity index (χ1n) is 5.38. The summed E-state index contributed by atoms with van der Waals surface area (Å²) < 4.78 is 0. The van der Waals surface area contributed by atoms with E-state index in [1.54, 1.807) is 4.90 Å². The fourth-order valence-electron chi connectivity index (χ4n) is 1.59. The van der Waals surface area contributed by atoms with Crippen LogP contribution in [0.25, 0.3) is 0 Å². The third-order valence-corrected chi connectivity index (χ3v) is 2.52. The van der Waals surface area contributed by atoms with Crippen LogP contribution in [0.4, 0.5) is 0 Å². The van der Waals surface area contributed by atoms with Crippen LogP contribution in [-0.2, 0) is 9.59 Å². The molecule has 0 aliphatic carbocycles. The number of nitrogens with zero attached hydrogens (tertiary/aromatic N) is 1. The van der Waals surface area contributed by atoms with E-state index in [2.05, 4.69) is 5.32 Å². The van der Waals surface area contributed by atoms with Gasteiger partial charge in [0, 0.05) is 19.5 Å². The monoisotopic (exact) mass is 210 g/mol. The number of hydrogen-bond donors (Lipinski definition) is 1. The summed E-state index contributed by atoms with van der Waals surface area (Å²) in [5.41, 5.74) is 0. The highest BCUT2D eigenvalue weighted by Gasteiger charge is 2.27. The molecule has 4 nitrogen and oxygen atoms in total. The van der Waals surface area contributed by atoms with Gasteiger partial charge in [-0.15, -0.1) is 0 Å². The first-order chi connectivity index (χ1) is 7.19. The van der Waals surface area contributed by atoms with Crippen molar-refractivity contribution in [1.29, 1.82) is 0 Å². The molecule has 0 aromatic rings. The van der Waals surface area contributed by atoms with E-state index in [1.807, 2.05) is 26.0 Å². The lowest BCUT2D eigenvalue weighted by Gasteiger charge is -2.21. The largest absolute Gasteiger partial charge is 0.344 e. The lowest BCUT2D eigenvalue weighted by Crippen LogP contribution is -2.44. The van der Waals surface area contributed by atoms with E-state index in [0.717, 1.165) is 0 Å². The highest BCUT2D eigenvalue weighted by atomic mass is 16.2. The predicted molar refractivity (Wildman–Crippen MR) is 58.2 cm³/mol. The Hall–Kier alpha value is -1.32. The lowest BCUT2D eigenvalue weighted by atomic mass is 10.2. The molecule has 1 saturated heterocycles. The van der Waals surface area contributed by atoms with E-state index in [4.69, 9.17) is 0 Å². The van der Waals surface area contributed by atoms with Crippen LogP contribution in [0.1, 0.15) is 26.7 Å². The molecule has 1 aliphatic heterocycles. The SMILES string of the molecule is C/C=C/CN1CCC(=O)NC(CC)C1=O. The first kappa shape index (κ1) is 11.8. The molecule has 0 bridgehead atoms. The van der Waals surface area contributed by atoms with Gasteiger partial charge in [-0.05, 0) is 13.3 Å². The van der Waals surface area contributed by atoms with Gasteiger partial charge in [0.1, 0.15) is 6.04 Å². The predicted octanol–water partition coefficient (Wildman–Crippen LogP) is 0.690. The van der Waals surface area contributed by atoms with Crippen molar-refractivity contribution in [1.82, 2.24) is 10.2 Å². The molecule has 4 heteroatoms. The normalized spacial score (nSPS) is 23.1. The average molecular weight is 210 g/mol. The Kier molecular flexibility index (Phi) is 4.34. The minimum atomic E-state index is -0.342. The molecule has 1 heterocycles. The Morgan fingerprint density at radius 2 is 2.27 bits per heavy atom. The highest BCUT2D eigenvalue weighted by molar-refractivity contribution is 5.89. The van der Waals surface area contributed by atoms with Crippen LogP contribution >= 0.6 is 0 Å². The maximum absolute atomic E-state index is 11.9. The van der Waals surface area contributed by atoms with Crippen LogP contribution in [0.5, 0.6) is 0 Å². The summed E-state index contributed by atoms with van der Waals surface area (Å²) in [7, 11) is 0. The second-order valence-electron chi connectivity index (χ2n) is 3.63. The molecule has 1 N–H and O–H groups in total. The van der Waals surface area contributed by atoms with E-state index in [9.17, 15) is 9.59 Å². The number of rotatable bonds is 3. The standard InChI is InChI=1S/C11H18N2O2/c1-3-5-7-13-8-6-10(14)12-9(4-2)11(13)15/h3,5,9H,4,6-8H2,1-2H3,(H,12,14)/b5-3+. The quantitative estimate of drug-likeness (QED) is 0.697. The van der Waals surface area contributed by atoms with E-state index < -0.39 is 0 Å². The van der Waals surface area contributed by atoms with Crippen LogP contribution in [0, 0.1) is 0 Å². The number of nitrogens with one attached hydrogen (secondary N) is 1. The van der Waals surface area contributed by atoms with Crippen LogP contribution in [0.2, 0.25) is 0 Å². The van der Waals surface area contributed by atoms with E-state index >= 15 is 0 Å². The minimum Gasteiger partial charge on any atom is -0.344 e.